The first-order chi connectivity index (χ1) is 50.0. The van der Waals surface area contributed by atoms with Crippen molar-refractivity contribution in [2.45, 2.75) is 209 Å². The van der Waals surface area contributed by atoms with Crippen molar-refractivity contribution in [1.29, 1.82) is 0 Å². The summed E-state index contributed by atoms with van der Waals surface area (Å²) in [7, 11) is 0. The second kappa shape index (κ2) is 37.9. The van der Waals surface area contributed by atoms with Gasteiger partial charge in [0.05, 0.1) is 0 Å². The van der Waals surface area contributed by atoms with Gasteiger partial charge in [-0.1, -0.05) is 297 Å². The Morgan fingerprint density at radius 2 is 0.500 bits per heavy atom. The predicted molar refractivity (Wildman–Crippen MR) is 453 cm³/mol. The van der Waals surface area contributed by atoms with Crippen molar-refractivity contribution in [3.8, 4) is 66.8 Å². The number of rotatable bonds is 36. The summed E-state index contributed by atoms with van der Waals surface area (Å²) < 4.78 is 2.17. The van der Waals surface area contributed by atoms with Crippen LogP contribution >= 0.6 is 31.9 Å². The van der Waals surface area contributed by atoms with Gasteiger partial charge in [-0.3, -0.25) is 0 Å². The van der Waals surface area contributed by atoms with Crippen LogP contribution in [0.5, 0.6) is 0 Å². The fraction of sp³-hybridized carbons (Fsp3) is 0.327. The molecule has 0 radical (unpaired) electrons. The van der Waals surface area contributed by atoms with Crippen LogP contribution in [0.3, 0.4) is 0 Å². The standard InChI is InChI=1S/C98H110Br2N2/c1-9-15-19-23-24-26-30-74-35-39-82(40-36-74)96-64-60-92(68-76(96)14-6)102(88-55-47-80(48-56-88)78-43-51-86(100)52-44-78)90-58-62-94(72(8)66-90)98-70-83(31-27-21-17-11-3)97(69-84(98)32-28-22-18-12-4)93-61-57-89(65-71(93)7)101(87-53-45-79(46-54-87)77-41-49-85(99)50-42-77)91-59-63-95(75(13-5)67-91)81-37-33-73(34-38-81)29-25-20-16-10-2/h33-70H,9-32H2,1-8H3. The van der Waals surface area contributed by atoms with Gasteiger partial charge in [0.15, 0.2) is 0 Å². The number of aryl methyl sites for hydroxylation is 8. The summed E-state index contributed by atoms with van der Waals surface area (Å²) in [6, 6.07) is 88.8. The van der Waals surface area contributed by atoms with Gasteiger partial charge in [-0.05, 0) is 286 Å². The van der Waals surface area contributed by atoms with Gasteiger partial charge in [-0.25, -0.2) is 0 Å². The molecule has 0 aliphatic carbocycles. The van der Waals surface area contributed by atoms with Crippen LogP contribution in [0.25, 0.3) is 66.8 Å². The SMILES string of the molecule is CCCCCCCCc1ccc(-c2ccc(N(c3ccc(-c4ccc(Br)cc4)cc3)c3ccc(-c4cc(CCCCCC)c(-c5ccc(N(c6ccc(-c7ccc(Br)cc7)cc6)c6ccc(-c7ccc(CCCCCC)cc7)c(CC)c6)cc5C)cc4CCCCCC)c(C)c3)cc2CC)cc1. The molecule has 11 aromatic carbocycles. The van der Waals surface area contributed by atoms with Crippen molar-refractivity contribution in [1.82, 2.24) is 0 Å². The van der Waals surface area contributed by atoms with E-state index in [2.05, 4.69) is 328 Å². The molecule has 0 saturated carbocycles. The van der Waals surface area contributed by atoms with Crippen LogP contribution < -0.4 is 9.80 Å². The first-order valence-corrected chi connectivity index (χ1v) is 40.7. The van der Waals surface area contributed by atoms with E-state index in [0.717, 1.165) is 83.1 Å². The zero-order chi connectivity index (χ0) is 71.2. The van der Waals surface area contributed by atoms with E-state index in [1.54, 1.807) is 0 Å². The summed E-state index contributed by atoms with van der Waals surface area (Å²) >= 11 is 7.33. The van der Waals surface area contributed by atoms with Gasteiger partial charge in [0.25, 0.3) is 0 Å². The molecule has 0 unspecified atom stereocenters. The van der Waals surface area contributed by atoms with E-state index in [1.807, 2.05) is 0 Å². The quantitative estimate of drug-likeness (QED) is 0.0361. The smallest absolute Gasteiger partial charge is 0.0464 e. The maximum absolute atomic E-state index is 3.66. The number of benzene rings is 11. The lowest BCUT2D eigenvalue weighted by Crippen LogP contribution is -2.11. The molecular weight excluding hydrogens is 1360 g/mol. The van der Waals surface area contributed by atoms with E-state index < -0.39 is 0 Å². The summed E-state index contributed by atoms with van der Waals surface area (Å²) in [6.45, 7) is 18.6. The van der Waals surface area contributed by atoms with Crippen LogP contribution in [0.1, 0.15) is 202 Å². The van der Waals surface area contributed by atoms with E-state index in [1.165, 1.54) is 225 Å². The van der Waals surface area contributed by atoms with Gasteiger partial charge >= 0.3 is 0 Å². The molecule has 0 aliphatic rings. The largest absolute Gasteiger partial charge is 0.310 e. The maximum atomic E-state index is 3.66. The Balaban J connectivity index is 0.969. The lowest BCUT2D eigenvalue weighted by Gasteiger charge is -2.28. The van der Waals surface area contributed by atoms with E-state index in [0.29, 0.717) is 0 Å². The van der Waals surface area contributed by atoms with E-state index >= 15 is 0 Å². The molecule has 0 bridgehead atoms. The Bertz CT molecular complexity index is 4410. The first kappa shape index (κ1) is 75.1. The average Bonchev–Trinajstić information content (AvgIpc) is 0.772. The molecule has 11 rings (SSSR count). The molecule has 526 valence electrons. The fourth-order valence-electron chi connectivity index (χ4n) is 15.2. The predicted octanol–water partition coefficient (Wildman–Crippen LogP) is 31.2. The molecule has 0 aliphatic heterocycles. The minimum absolute atomic E-state index is 0.933. The molecule has 0 amide bonds. The summed E-state index contributed by atoms with van der Waals surface area (Å²) in [6.07, 6.45) is 29.0. The Morgan fingerprint density at radius 3 is 0.833 bits per heavy atom. The number of anilines is 6. The molecule has 0 spiro atoms. The summed E-state index contributed by atoms with van der Waals surface area (Å²) in [5.74, 6) is 0. The lowest BCUT2D eigenvalue weighted by atomic mass is 9.84. The highest BCUT2D eigenvalue weighted by atomic mass is 79.9. The molecule has 102 heavy (non-hydrogen) atoms. The van der Waals surface area contributed by atoms with Crippen molar-refractivity contribution in [2.75, 3.05) is 9.80 Å². The summed E-state index contributed by atoms with van der Waals surface area (Å²) in [4.78, 5) is 4.97. The second-order valence-corrected chi connectivity index (χ2v) is 30.5. The highest BCUT2D eigenvalue weighted by molar-refractivity contribution is 9.10. The van der Waals surface area contributed by atoms with Crippen molar-refractivity contribution < 1.29 is 0 Å². The Morgan fingerprint density at radius 1 is 0.225 bits per heavy atom. The third-order valence-corrected chi connectivity index (χ3v) is 22.2. The number of hydrogen-bond donors (Lipinski definition) is 0. The molecule has 11 aromatic rings. The number of nitrogens with zero attached hydrogens (tertiary/aromatic N) is 2. The lowest BCUT2D eigenvalue weighted by molar-refractivity contribution is 0.607. The Kier molecular flexibility index (Phi) is 28.0. The minimum atomic E-state index is 0.933. The summed E-state index contributed by atoms with van der Waals surface area (Å²) in [5, 5.41) is 0. The Hall–Kier alpha value is -8.02. The molecule has 0 atom stereocenters. The minimum Gasteiger partial charge on any atom is -0.310 e. The van der Waals surface area contributed by atoms with Crippen LogP contribution in [-0.2, 0) is 38.5 Å². The van der Waals surface area contributed by atoms with Crippen molar-refractivity contribution in [3.63, 3.8) is 0 Å². The van der Waals surface area contributed by atoms with E-state index in [9.17, 15) is 0 Å². The molecule has 4 heteroatoms. The average molecular weight is 1480 g/mol. The maximum Gasteiger partial charge on any atom is 0.0464 e. The molecule has 0 aromatic heterocycles. The normalized spacial score (nSPS) is 11.4. The molecule has 0 fully saturated rings. The third-order valence-electron chi connectivity index (χ3n) is 21.2. The van der Waals surface area contributed by atoms with Crippen molar-refractivity contribution in [3.05, 3.63) is 284 Å². The molecule has 0 saturated heterocycles. The number of hydrogen-bond acceptors (Lipinski definition) is 2. The van der Waals surface area contributed by atoms with Crippen LogP contribution in [-0.4, -0.2) is 0 Å². The molecule has 0 N–H and O–H groups in total. The molecule has 2 nitrogen and oxygen atoms in total. The fourth-order valence-corrected chi connectivity index (χ4v) is 15.7. The molecular formula is C98H110Br2N2. The second-order valence-electron chi connectivity index (χ2n) is 28.7. The number of halogens is 2. The first-order valence-electron chi connectivity index (χ1n) is 39.1. The van der Waals surface area contributed by atoms with Crippen LogP contribution in [0.2, 0.25) is 0 Å². The zero-order valence-corrected chi connectivity index (χ0v) is 65.7. The highest BCUT2D eigenvalue weighted by Gasteiger charge is 2.23. The van der Waals surface area contributed by atoms with Crippen molar-refractivity contribution >= 4 is 66.0 Å². The Labute approximate surface area is 631 Å². The molecule has 0 heterocycles. The number of unbranched alkanes of at least 4 members (excludes halogenated alkanes) is 14. The third kappa shape index (κ3) is 19.4. The van der Waals surface area contributed by atoms with Gasteiger partial charge in [-0.2, -0.15) is 0 Å². The van der Waals surface area contributed by atoms with Gasteiger partial charge in [0, 0.05) is 43.1 Å². The van der Waals surface area contributed by atoms with E-state index in [4.69, 9.17) is 0 Å². The van der Waals surface area contributed by atoms with Gasteiger partial charge in [-0.15, -0.1) is 0 Å². The van der Waals surface area contributed by atoms with E-state index in [-0.39, 0.29) is 0 Å². The van der Waals surface area contributed by atoms with Gasteiger partial charge in [0.2, 0.25) is 0 Å². The topological polar surface area (TPSA) is 6.48 Å². The van der Waals surface area contributed by atoms with Crippen LogP contribution in [0.15, 0.2) is 239 Å². The van der Waals surface area contributed by atoms with Gasteiger partial charge in [0.1, 0.15) is 0 Å². The van der Waals surface area contributed by atoms with Crippen LogP contribution in [0, 0.1) is 13.8 Å². The zero-order valence-electron chi connectivity index (χ0n) is 62.6. The van der Waals surface area contributed by atoms with Crippen molar-refractivity contribution in [2.24, 2.45) is 0 Å². The summed E-state index contributed by atoms with van der Waals surface area (Å²) in [5.41, 5.74) is 33.4. The monoisotopic (exact) mass is 1470 g/mol. The van der Waals surface area contributed by atoms with Crippen LogP contribution in [0.4, 0.5) is 34.1 Å². The van der Waals surface area contributed by atoms with Gasteiger partial charge < -0.3 is 9.80 Å². The highest BCUT2D eigenvalue weighted by Crippen LogP contribution is 2.45.